The molecule has 4 fully saturated rings. The maximum atomic E-state index is 6.13. The van der Waals surface area contributed by atoms with Gasteiger partial charge in [-0.25, -0.2) is 0 Å². The third kappa shape index (κ3) is 14.5. The molecule has 1 heteroatoms. The molecule has 0 spiro atoms. The van der Waals surface area contributed by atoms with E-state index in [2.05, 4.69) is 13.8 Å². The maximum Gasteiger partial charge on any atom is 0.0466 e. The highest BCUT2D eigenvalue weighted by atomic mass is 16.5. The molecule has 0 amide bonds. The minimum atomic E-state index is 1.00. The summed E-state index contributed by atoms with van der Waals surface area (Å²) < 4.78 is 6.13. The average molecular weight is 599 g/mol. The van der Waals surface area contributed by atoms with Crippen molar-refractivity contribution < 1.29 is 4.74 Å². The monoisotopic (exact) mass is 599 g/mol. The summed E-state index contributed by atoms with van der Waals surface area (Å²) in [4.78, 5) is 0. The van der Waals surface area contributed by atoms with Gasteiger partial charge in [0.1, 0.15) is 0 Å². The first kappa shape index (κ1) is 35.8. The van der Waals surface area contributed by atoms with E-state index >= 15 is 0 Å². The van der Waals surface area contributed by atoms with Crippen molar-refractivity contribution in [3.8, 4) is 0 Å². The Morgan fingerprint density at radius 2 is 0.512 bits per heavy atom. The molecule has 4 aliphatic carbocycles. The molecule has 0 atom stereocenters. The van der Waals surface area contributed by atoms with Crippen LogP contribution < -0.4 is 0 Å². The number of hydrogen-bond acceptors (Lipinski definition) is 1. The molecule has 0 radical (unpaired) electrons. The van der Waals surface area contributed by atoms with Gasteiger partial charge in [-0.1, -0.05) is 181 Å². The highest BCUT2D eigenvalue weighted by Gasteiger charge is 2.26. The Balaban J connectivity index is 0.904. The zero-order valence-corrected chi connectivity index (χ0v) is 29.7. The first-order chi connectivity index (χ1) is 21.2. The summed E-state index contributed by atoms with van der Waals surface area (Å²) in [5, 5.41) is 0. The lowest BCUT2D eigenvalue weighted by molar-refractivity contribution is 0.112. The van der Waals surface area contributed by atoms with E-state index in [1.807, 2.05) is 0 Å². The Hall–Kier alpha value is -0.0400. The quantitative estimate of drug-likeness (QED) is 0.127. The normalized spacial score (nSPS) is 33.9. The van der Waals surface area contributed by atoms with Gasteiger partial charge in [-0.05, 0) is 73.0 Å². The lowest BCUT2D eigenvalue weighted by atomic mass is 9.74. The molecular weight excluding hydrogens is 520 g/mol. The molecule has 0 saturated heterocycles. The minimum absolute atomic E-state index is 1.00. The molecule has 4 rings (SSSR count). The van der Waals surface area contributed by atoms with Crippen LogP contribution in [0.5, 0.6) is 0 Å². The van der Waals surface area contributed by atoms with Crippen LogP contribution in [-0.2, 0) is 4.74 Å². The van der Waals surface area contributed by atoms with Crippen LogP contribution in [0.15, 0.2) is 0 Å². The number of rotatable bonds is 20. The molecule has 1 nitrogen and oxygen atoms in total. The highest BCUT2D eigenvalue weighted by molar-refractivity contribution is 4.78. The van der Waals surface area contributed by atoms with Crippen molar-refractivity contribution in [1.82, 2.24) is 0 Å². The zero-order valence-electron chi connectivity index (χ0n) is 29.7. The van der Waals surface area contributed by atoms with E-state index in [1.54, 1.807) is 77.0 Å². The predicted octanol–water partition coefficient (Wildman–Crippen LogP) is 13.7. The Morgan fingerprint density at radius 3 is 0.744 bits per heavy atom. The smallest absolute Gasteiger partial charge is 0.0466 e. The van der Waals surface area contributed by atoms with E-state index in [1.165, 1.54) is 116 Å². The minimum Gasteiger partial charge on any atom is -0.381 e. The zero-order chi connectivity index (χ0) is 30.0. The van der Waals surface area contributed by atoms with Gasteiger partial charge in [0.25, 0.3) is 0 Å². The Morgan fingerprint density at radius 1 is 0.302 bits per heavy atom. The van der Waals surface area contributed by atoms with Crippen LogP contribution in [0.4, 0.5) is 0 Å². The van der Waals surface area contributed by atoms with Crippen molar-refractivity contribution >= 4 is 0 Å². The summed E-state index contributed by atoms with van der Waals surface area (Å²) in [6.45, 7) is 6.74. The Labute approximate surface area is 271 Å². The number of unbranched alkanes of at least 4 members (excludes halogenated alkanes) is 2. The molecule has 0 aromatic carbocycles. The molecule has 0 aromatic rings. The van der Waals surface area contributed by atoms with Crippen molar-refractivity contribution in [1.29, 1.82) is 0 Å². The summed E-state index contributed by atoms with van der Waals surface area (Å²) in [6.07, 6.45) is 44.9. The van der Waals surface area contributed by atoms with E-state index in [9.17, 15) is 0 Å². The second-order valence-electron chi connectivity index (χ2n) is 16.9. The van der Waals surface area contributed by atoms with Crippen molar-refractivity contribution in [2.45, 2.75) is 206 Å². The van der Waals surface area contributed by atoms with Crippen molar-refractivity contribution in [2.75, 3.05) is 13.2 Å². The van der Waals surface area contributed by atoms with Gasteiger partial charge >= 0.3 is 0 Å². The molecule has 4 saturated carbocycles. The number of hydrogen-bond donors (Lipinski definition) is 0. The summed E-state index contributed by atoms with van der Waals surface area (Å²) in [5.74, 6) is 8.41. The van der Waals surface area contributed by atoms with Gasteiger partial charge in [-0.3, -0.25) is 0 Å². The van der Waals surface area contributed by atoms with Crippen LogP contribution in [0.2, 0.25) is 0 Å². The Bertz CT molecular complexity index is 584. The summed E-state index contributed by atoms with van der Waals surface area (Å²) in [7, 11) is 0. The van der Waals surface area contributed by atoms with Crippen molar-refractivity contribution in [2.24, 2.45) is 47.3 Å². The van der Waals surface area contributed by atoms with Gasteiger partial charge < -0.3 is 4.74 Å². The highest BCUT2D eigenvalue weighted by Crippen LogP contribution is 2.40. The second-order valence-corrected chi connectivity index (χ2v) is 16.9. The van der Waals surface area contributed by atoms with Gasteiger partial charge in [-0.15, -0.1) is 0 Å². The largest absolute Gasteiger partial charge is 0.381 e. The molecule has 4 aliphatic rings. The van der Waals surface area contributed by atoms with E-state index in [-0.39, 0.29) is 0 Å². The van der Waals surface area contributed by atoms with Crippen LogP contribution in [-0.4, -0.2) is 13.2 Å². The molecular formula is C42H78O. The van der Waals surface area contributed by atoms with Crippen LogP contribution in [0.3, 0.4) is 0 Å². The summed E-state index contributed by atoms with van der Waals surface area (Å²) in [5.41, 5.74) is 0. The molecule has 0 unspecified atom stereocenters. The Kier molecular flexibility index (Phi) is 18.1. The molecule has 0 heterocycles. The van der Waals surface area contributed by atoms with Crippen LogP contribution in [0, 0.1) is 47.3 Å². The first-order valence-corrected chi connectivity index (χ1v) is 20.8. The van der Waals surface area contributed by atoms with Gasteiger partial charge in [0.15, 0.2) is 0 Å². The number of ether oxygens (including phenoxy) is 1. The fourth-order valence-electron chi connectivity index (χ4n) is 10.2. The molecule has 0 bridgehead atoms. The van der Waals surface area contributed by atoms with Crippen molar-refractivity contribution in [3.05, 3.63) is 0 Å². The molecule has 0 aromatic heterocycles. The van der Waals surface area contributed by atoms with Gasteiger partial charge in [0.05, 0.1) is 0 Å². The third-order valence-electron chi connectivity index (χ3n) is 13.6. The standard InChI is InChI=1S/C42H78O/c1-3-5-9-35-13-21-39(22-14-35)29-31-41-25-17-37(18-26-41)11-7-33-43-34-8-12-38-19-27-42(28-20-38)32-30-40-23-15-36(16-24-40)10-6-4-2/h35-42H,3-34H2,1-2H3. The van der Waals surface area contributed by atoms with E-state index in [0.29, 0.717) is 0 Å². The van der Waals surface area contributed by atoms with Gasteiger partial charge in [-0.2, -0.15) is 0 Å². The van der Waals surface area contributed by atoms with Gasteiger partial charge in [0.2, 0.25) is 0 Å². The van der Waals surface area contributed by atoms with E-state index < -0.39 is 0 Å². The van der Waals surface area contributed by atoms with Crippen LogP contribution in [0.1, 0.15) is 206 Å². The average Bonchev–Trinajstić information content (AvgIpc) is 3.06. The fraction of sp³-hybridized carbons (Fsp3) is 1.00. The summed E-state index contributed by atoms with van der Waals surface area (Å²) in [6, 6.07) is 0. The van der Waals surface area contributed by atoms with E-state index in [0.717, 1.165) is 60.6 Å². The summed E-state index contributed by atoms with van der Waals surface area (Å²) >= 11 is 0. The molecule has 43 heavy (non-hydrogen) atoms. The fourth-order valence-corrected chi connectivity index (χ4v) is 10.2. The second kappa shape index (κ2) is 21.7. The SMILES string of the molecule is CCCCC1CCC(CCC2CCC(CCCOCCCC3CCC(CCC4CCC(CCCC)CC4)CC3)CC2)CC1. The van der Waals surface area contributed by atoms with Crippen LogP contribution in [0.25, 0.3) is 0 Å². The molecule has 0 N–H and O–H groups in total. The third-order valence-corrected chi connectivity index (χ3v) is 13.6. The van der Waals surface area contributed by atoms with Crippen LogP contribution >= 0.6 is 0 Å². The van der Waals surface area contributed by atoms with E-state index in [4.69, 9.17) is 4.74 Å². The van der Waals surface area contributed by atoms with Crippen molar-refractivity contribution in [3.63, 3.8) is 0 Å². The van der Waals surface area contributed by atoms with Gasteiger partial charge in [0, 0.05) is 13.2 Å². The predicted molar refractivity (Wildman–Crippen MR) is 189 cm³/mol. The maximum absolute atomic E-state index is 6.13. The lowest BCUT2D eigenvalue weighted by Crippen LogP contribution is -2.18. The molecule has 0 aliphatic heterocycles. The molecule has 252 valence electrons. The first-order valence-electron chi connectivity index (χ1n) is 20.8. The topological polar surface area (TPSA) is 9.23 Å². The lowest BCUT2D eigenvalue weighted by Gasteiger charge is -2.32.